The van der Waals surface area contributed by atoms with Crippen LogP contribution in [0.15, 0.2) is 54.6 Å². The number of rotatable bonds is 2. The van der Waals surface area contributed by atoms with E-state index in [4.69, 9.17) is 0 Å². The van der Waals surface area contributed by atoms with Gasteiger partial charge in [-0.3, -0.25) is 0 Å². The number of benzene rings is 2. The SMILES string of the molecule is CC1(C)CC[C@H]2N(Cc3ccccc3)c3ccccc3[C@]23CC[N+]([O-])=C13. The summed E-state index contributed by atoms with van der Waals surface area (Å²) in [5.41, 5.74) is 5.04. The second-order valence-electron chi connectivity index (χ2n) is 8.74. The van der Waals surface area contributed by atoms with E-state index in [1.807, 2.05) is 0 Å². The summed E-state index contributed by atoms with van der Waals surface area (Å²) in [5.74, 6) is 0. The monoisotopic (exact) mass is 346 g/mol. The smallest absolute Gasteiger partial charge is 0.182 e. The highest BCUT2D eigenvalue weighted by Gasteiger charge is 2.65. The van der Waals surface area contributed by atoms with Gasteiger partial charge in [-0.05, 0) is 30.0 Å². The molecule has 0 saturated heterocycles. The van der Waals surface area contributed by atoms with Crippen LogP contribution < -0.4 is 4.90 Å². The minimum atomic E-state index is -0.102. The summed E-state index contributed by atoms with van der Waals surface area (Å²) in [4.78, 5) is 2.58. The van der Waals surface area contributed by atoms with Crippen molar-refractivity contribution < 1.29 is 4.74 Å². The third-order valence-electron chi connectivity index (χ3n) is 6.90. The van der Waals surface area contributed by atoms with E-state index in [2.05, 4.69) is 73.3 Å². The highest BCUT2D eigenvalue weighted by molar-refractivity contribution is 6.01. The van der Waals surface area contributed by atoms with Gasteiger partial charge in [0.25, 0.3) is 0 Å². The van der Waals surface area contributed by atoms with Crippen LogP contribution in [0.5, 0.6) is 0 Å². The van der Waals surface area contributed by atoms with Crippen molar-refractivity contribution in [3.05, 3.63) is 70.9 Å². The highest BCUT2D eigenvalue weighted by Crippen LogP contribution is 2.58. The summed E-state index contributed by atoms with van der Waals surface area (Å²) in [5, 5.41) is 12.9. The Balaban J connectivity index is 1.68. The van der Waals surface area contributed by atoms with Crippen molar-refractivity contribution in [2.75, 3.05) is 11.4 Å². The molecular formula is C23H26N2O. The van der Waals surface area contributed by atoms with E-state index < -0.39 is 0 Å². The molecule has 26 heavy (non-hydrogen) atoms. The van der Waals surface area contributed by atoms with Crippen molar-refractivity contribution in [2.45, 2.75) is 51.1 Å². The number of para-hydroxylation sites is 1. The van der Waals surface area contributed by atoms with E-state index >= 15 is 0 Å². The first-order valence-electron chi connectivity index (χ1n) is 9.77. The molecule has 2 heterocycles. The largest absolute Gasteiger partial charge is 0.624 e. The zero-order valence-corrected chi connectivity index (χ0v) is 15.6. The molecule has 5 rings (SSSR count). The average Bonchev–Trinajstić information content (AvgIpc) is 3.13. The van der Waals surface area contributed by atoms with Gasteiger partial charge in [-0.25, -0.2) is 4.74 Å². The first-order valence-corrected chi connectivity index (χ1v) is 9.77. The van der Waals surface area contributed by atoms with Gasteiger partial charge in [-0.2, -0.15) is 0 Å². The van der Waals surface area contributed by atoms with E-state index in [0.29, 0.717) is 12.6 Å². The number of fused-ring (bicyclic) bond motifs is 1. The van der Waals surface area contributed by atoms with Gasteiger partial charge in [0.05, 0.1) is 0 Å². The Bertz CT molecular complexity index is 886. The Kier molecular flexibility index (Phi) is 3.28. The molecule has 2 aliphatic heterocycles. The maximum absolute atomic E-state index is 12.9. The second-order valence-corrected chi connectivity index (χ2v) is 8.74. The molecule has 0 N–H and O–H groups in total. The molecule has 0 bridgehead atoms. The van der Waals surface area contributed by atoms with E-state index in [0.717, 1.165) is 31.5 Å². The van der Waals surface area contributed by atoms with Gasteiger partial charge in [-0.15, -0.1) is 0 Å². The number of anilines is 1. The standard InChI is InChI=1S/C23H26N2O/c1-22(2)13-12-20-23(14-15-25(26)21(22)23)18-10-6-7-11-19(18)24(20)16-17-8-4-3-5-9-17/h3-11,20H,12-16H2,1-2H3/t20-,23-/m1/s1. The summed E-state index contributed by atoms with van der Waals surface area (Å²) >= 11 is 0. The van der Waals surface area contributed by atoms with Crippen LogP contribution >= 0.6 is 0 Å². The predicted octanol–water partition coefficient (Wildman–Crippen LogP) is 4.49. The molecule has 1 aliphatic carbocycles. The maximum atomic E-state index is 12.9. The van der Waals surface area contributed by atoms with Crippen LogP contribution in [0.3, 0.4) is 0 Å². The zero-order valence-electron chi connectivity index (χ0n) is 15.6. The lowest BCUT2D eigenvalue weighted by atomic mass is 9.58. The molecule has 3 nitrogen and oxygen atoms in total. The fourth-order valence-electron chi connectivity index (χ4n) is 5.97. The topological polar surface area (TPSA) is 29.3 Å². The number of hydroxylamine groups is 1. The normalized spacial score (nSPS) is 28.7. The Morgan fingerprint density at radius 1 is 1.04 bits per heavy atom. The van der Waals surface area contributed by atoms with Crippen LogP contribution in [0, 0.1) is 10.6 Å². The van der Waals surface area contributed by atoms with Gasteiger partial charge in [0.1, 0.15) is 5.41 Å². The number of nitrogens with zero attached hydrogens (tertiary/aromatic N) is 2. The van der Waals surface area contributed by atoms with E-state index in [9.17, 15) is 5.21 Å². The summed E-state index contributed by atoms with van der Waals surface area (Å²) < 4.78 is 1.33. The summed E-state index contributed by atoms with van der Waals surface area (Å²) in [6, 6.07) is 19.9. The molecule has 0 unspecified atom stereocenters. The Morgan fingerprint density at radius 2 is 1.77 bits per heavy atom. The van der Waals surface area contributed by atoms with Gasteiger partial charge in [-0.1, -0.05) is 62.4 Å². The molecule has 3 heteroatoms. The lowest BCUT2D eigenvalue weighted by Gasteiger charge is -2.45. The van der Waals surface area contributed by atoms with Crippen molar-refractivity contribution in [3.63, 3.8) is 0 Å². The molecule has 0 aromatic heterocycles. The zero-order chi connectivity index (χ0) is 17.9. The number of hydrogen-bond donors (Lipinski definition) is 0. The molecule has 2 aromatic rings. The van der Waals surface area contributed by atoms with Crippen LogP contribution in [-0.4, -0.2) is 23.0 Å². The van der Waals surface area contributed by atoms with Gasteiger partial charge in [0.15, 0.2) is 12.3 Å². The van der Waals surface area contributed by atoms with Crippen LogP contribution in [0.25, 0.3) is 0 Å². The third kappa shape index (κ3) is 1.97. The molecule has 2 atom stereocenters. The molecule has 1 fully saturated rings. The van der Waals surface area contributed by atoms with Gasteiger partial charge in [0, 0.05) is 30.1 Å². The lowest BCUT2D eigenvalue weighted by Crippen LogP contribution is -2.57. The predicted molar refractivity (Wildman–Crippen MR) is 106 cm³/mol. The highest BCUT2D eigenvalue weighted by atomic mass is 16.5. The van der Waals surface area contributed by atoms with Crippen LogP contribution in [0.2, 0.25) is 0 Å². The first-order chi connectivity index (χ1) is 12.5. The van der Waals surface area contributed by atoms with Gasteiger partial charge in [0.2, 0.25) is 0 Å². The van der Waals surface area contributed by atoms with E-state index in [-0.39, 0.29) is 10.8 Å². The van der Waals surface area contributed by atoms with Crippen LogP contribution in [0.1, 0.15) is 44.2 Å². The van der Waals surface area contributed by atoms with Crippen molar-refractivity contribution in [2.24, 2.45) is 5.41 Å². The molecule has 134 valence electrons. The Labute approximate surface area is 155 Å². The Morgan fingerprint density at radius 3 is 2.58 bits per heavy atom. The van der Waals surface area contributed by atoms with Gasteiger partial charge < -0.3 is 10.1 Å². The van der Waals surface area contributed by atoms with Crippen molar-refractivity contribution in [1.29, 1.82) is 0 Å². The van der Waals surface area contributed by atoms with Crippen LogP contribution in [-0.2, 0) is 12.0 Å². The fraction of sp³-hybridized carbons (Fsp3) is 0.435. The van der Waals surface area contributed by atoms with Crippen molar-refractivity contribution in [3.8, 4) is 0 Å². The number of hydrogen-bond acceptors (Lipinski definition) is 2. The average molecular weight is 346 g/mol. The Hall–Kier alpha value is -2.29. The lowest BCUT2D eigenvalue weighted by molar-refractivity contribution is -0.452. The summed E-state index contributed by atoms with van der Waals surface area (Å²) in [6.45, 7) is 6.07. The molecular weight excluding hydrogens is 320 g/mol. The molecule has 3 aliphatic rings. The minimum Gasteiger partial charge on any atom is -0.624 e. The minimum absolute atomic E-state index is 0.0232. The first kappa shape index (κ1) is 15.9. The van der Waals surface area contributed by atoms with Crippen LogP contribution in [0.4, 0.5) is 5.69 Å². The van der Waals surface area contributed by atoms with Crippen molar-refractivity contribution >= 4 is 11.4 Å². The van der Waals surface area contributed by atoms with Crippen molar-refractivity contribution in [1.82, 2.24) is 0 Å². The maximum Gasteiger partial charge on any atom is 0.182 e. The molecule has 0 radical (unpaired) electrons. The van der Waals surface area contributed by atoms with E-state index in [1.54, 1.807) is 0 Å². The second kappa shape index (κ2) is 5.35. The molecule has 2 aromatic carbocycles. The summed E-state index contributed by atoms with van der Waals surface area (Å²) in [6.07, 6.45) is 3.17. The van der Waals surface area contributed by atoms with E-state index in [1.165, 1.54) is 21.6 Å². The quantitative estimate of drug-likeness (QED) is 0.592. The third-order valence-corrected chi connectivity index (χ3v) is 6.90. The van der Waals surface area contributed by atoms with Gasteiger partial charge >= 0.3 is 0 Å². The molecule has 1 spiro atoms. The fourth-order valence-corrected chi connectivity index (χ4v) is 5.97. The molecule has 0 amide bonds. The summed E-state index contributed by atoms with van der Waals surface area (Å²) in [7, 11) is 0. The molecule has 1 saturated carbocycles.